The van der Waals surface area contributed by atoms with E-state index in [1.165, 1.54) is 30.7 Å². The van der Waals surface area contributed by atoms with E-state index < -0.39 is 29.6 Å². The monoisotopic (exact) mass is 470 g/mol. The molecule has 0 saturated carbocycles. The third-order valence-corrected chi connectivity index (χ3v) is 7.07. The Balaban J connectivity index is 1.47. The average Bonchev–Trinajstić information content (AvgIpc) is 3.41. The second kappa shape index (κ2) is 9.44. The van der Waals surface area contributed by atoms with Crippen molar-refractivity contribution in [1.29, 1.82) is 0 Å². The molecule has 2 aromatic carbocycles. The number of amides is 2. The lowest BCUT2D eigenvalue weighted by Crippen LogP contribution is -2.62. The fourth-order valence-corrected chi connectivity index (χ4v) is 5.61. The van der Waals surface area contributed by atoms with Gasteiger partial charge in [-0.2, -0.15) is 0 Å². The average molecular weight is 471 g/mol. The van der Waals surface area contributed by atoms with Crippen LogP contribution >= 0.6 is 11.8 Å². The minimum absolute atomic E-state index is 0.106. The molecule has 2 atom stereocenters. The van der Waals surface area contributed by atoms with E-state index in [-0.39, 0.29) is 25.0 Å². The molecule has 4 rings (SSSR count). The molecule has 1 saturated heterocycles. The maximum absolute atomic E-state index is 13.2. The molecule has 9 heteroatoms. The lowest BCUT2D eigenvalue weighted by molar-refractivity contribution is -0.151. The predicted molar refractivity (Wildman–Crippen MR) is 124 cm³/mol. The van der Waals surface area contributed by atoms with Crippen molar-refractivity contribution < 1.29 is 29.0 Å². The number of methoxy groups -OCH3 is 1. The second-order valence-corrected chi connectivity index (χ2v) is 9.34. The number of benzene rings is 2. The Morgan fingerprint density at radius 3 is 2.30 bits per heavy atom. The molecule has 0 aromatic heterocycles. The smallest absolute Gasteiger partial charge is 0.408 e. The van der Waals surface area contributed by atoms with Crippen LogP contribution in [0, 0.1) is 0 Å². The topological polar surface area (TPSA) is 105 Å². The largest absolute Gasteiger partial charge is 0.480 e. The molecule has 174 valence electrons. The first-order valence-electron chi connectivity index (χ1n) is 10.6. The molecule has 0 spiro atoms. The molecule has 0 radical (unpaired) electrons. The van der Waals surface area contributed by atoms with Crippen molar-refractivity contribution in [2.45, 2.75) is 24.4 Å². The van der Waals surface area contributed by atoms with Crippen molar-refractivity contribution in [3.63, 3.8) is 0 Å². The molecule has 2 aliphatic rings. The Morgan fingerprint density at radius 1 is 1.12 bits per heavy atom. The highest BCUT2D eigenvalue weighted by molar-refractivity contribution is 7.99. The zero-order valence-electron chi connectivity index (χ0n) is 18.4. The molecule has 1 aliphatic carbocycles. The number of nitrogens with zero attached hydrogens (tertiary/aromatic N) is 1. The van der Waals surface area contributed by atoms with Gasteiger partial charge in [-0.25, -0.2) is 9.59 Å². The Labute approximate surface area is 196 Å². The summed E-state index contributed by atoms with van der Waals surface area (Å²) < 4.78 is 10.8. The number of carbonyl (C=O) groups is 3. The number of aliphatic carboxylic acids is 1. The molecular formula is C24H26N2O6S. The van der Waals surface area contributed by atoms with Gasteiger partial charge in [0.05, 0.1) is 12.5 Å². The van der Waals surface area contributed by atoms with Crippen LogP contribution in [0.1, 0.15) is 24.0 Å². The number of hydrogen-bond donors (Lipinski definition) is 2. The number of nitrogens with one attached hydrogen (secondary N) is 1. The van der Waals surface area contributed by atoms with Crippen LogP contribution in [-0.2, 0) is 19.1 Å². The SMILES string of the molecule is COCC(C)(NC(=O)OCC1c2ccccc2-c2ccccc21)C(=O)N1CSC[C@H]1C(=O)O. The molecule has 0 bridgehead atoms. The number of hydrogen-bond acceptors (Lipinski definition) is 6. The van der Waals surface area contributed by atoms with E-state index in [0.717, 1.165) is 22.3 Å². The highest BCUT2D eigenvalue weighted by Crippen LogP contribution is 2.44. The van der Waals surface area contributed by atoms with Crippen LogP contribution < -0.4 is 5.32 Å². The van der Waals surface area contributed by atoms with E-state index in [4.69, 9.17) is 9.47 Å². The summed E-state index contributed by atoms with van der Waals surface area (Å²) in [6.45, 7) is 1.50. The van der Waals surface area contributed by atoms with E-state index in [1.54, 1.807) is 0 Å². The van der Waals surface area contributed by atoms with Crippen LogP contribution in [0.5, 0.6) is 0 Å². The Kier molecular flexibility index (Phi) is 6.62. The number of thioether (sulfide) groups is 1. The second-order valence-electron chi connectivity index (χ2n) is 8.34. The molecule has 33 heavy (non-hydrogen) atoms. The summed E-state index contributed by atoms with van der Waals surface area (Å²) in [4.78, 5) is 38.7. The molecule has 8 nitrogen and oxygen atoms in total. The summed E-state index contributed by atoms with van der Waals surface area (Å²) in [6, 6.07) is 15.1. The first-order valence-corrected chi connectivity index (χ1v) is 11.7. The third kappa shape index (κ3) is 4.43. The molecule has 2 aromatic rings. The van der Waals surface area contributed by atoms with Crippen LogP contribution in [0.15, 0.2) is 48.5 Å². The normalized spacial score (nSPS) is 18.8. The lowest BCUT2D eigenvalue weighted by atomic mass is 9.98. The van der Waals surface area contributed by atoms with Crippen molar-refractivity contribution in [1.82, 2.24) is 10.2 Å². The van der Waals surface area contributed by atoms with E-state index in [2.05, 4.69) is 17.4 Å². The summed E-state index contributed by atoms with van der Waals surface area (Å²) in [6.07, 6.45) is -0.761. The predicted octanol–water partition coefficient (Wildman–Crippen LogP) is 2.92. The van der Waals surface area contributed by atoms with Gasteiger partial charge in [0.15, 0.2) is 0 Å². The first kappa shape index (κ1) is 23.1. The summed E-state index contributed by atoms with van der Waals surface area (Å²) >= 11 is 1.35. The Hall–Kier alpha value is -3.04. The van der Waals surface area contributed by atoms with Crippen LogP contribution in [0.4, 0.5) is 4.79 Å². The molecular weight excluding hydrogens is 444 g/mol. The first-order chi connectivity index (χ1) is 15.9. The minimum Gasteiger partial charge on any atom is -0.480 e. The zero-order chi connectivity index (χ0) is 23.6. The van der Waals surface area contributed by atoms with Gasteiger partial charge >= 0.3 is 12.1 Å². The van der Waals surface area contributed by atoms with Gasteiger partial charge < -0.3 is 24.8 Å². The van der Waals surface area contributed by atoms with Gasteiger partial charge in [-0.1, -0.05) is 48.5 Å². The van der Waals surface area contributed by atoms with Crippen LogP contribution in [0.25, 0.3) is 11.1 Å². The fraction of sp³-hybridized carbons (Fsp3) is 0.375. The van der Waals surface area contributed by atoms with E-state index >= 15 is 0 Å². The maximum atomic E-state index is 13.2. The van der Waals surface area contributed by atoms with Crippen molar-refractivity contribution >= 4 is 29.7 Å². The zero-order valence-corrected chi connectivity index (χ0v) is 19.3. The molecule has 2 N–H and O–H groups in total. The molecule has 2 amide bonds. The highest BCUT2D eigenvalue weighted by Gasteiger charge is 2.45. The van der Waals surface area contributed by atoms with Gasteiger partial charge in [0.1, 0.15) is 18.2 Å². The van der Waals surface area contributed by atoms with E-state index in [9.17, 15) is 19.5 Å². The van der Waals surface area contributed by atoms with E-state index in [1.807, 2.05) is 36.4 Å². The van der Waals surface area contributed by atoms with Crippen molar-refractivity contribution in [2.24, 2.45) is 0 Å². The van der Waals surface area contributed by atoms with Gasteiger partial charge in [-0.3, -0.25) is 4.79 Å². The van der Waals surface area contributed by atoms with Gasteiger partial charge in [0.25, 0.3) is 5.91 Å². The lowest BCUT2D eigenvalue weighted by Gasteiger charge is -2.33. The number of carboxylic acids is 1. The Morgan fingerprint density at radius 2 is 1.73 bits per heavy atom. The standard InChI is InChI=1S/C24H26N2O6S/c1-24(13-31-2,22(29)26-14-33-12-20(26)21(27)28)25-23(30)32-11-19-17-9-5-3-7-15(17)16-8-4-6-10-18(16)19/h3-10,19-20H,11-14H2,1-2H3,(H,25,30)(H,27,28)/t20-,24?/m0/s1. The minimum atomic E-state index is -1.46. The summed E-state index contributed by atoms with van der Waals surface area (Å²) in [5.74, 6) is -1.17. The number of alkyl carbamates (subject to hydrolysis) is 1. The number of carboxylic acid groups (broad SMARTS) is 1. The van der Waals surface area contributed by atoms with Gasteiger partial charge in [0.2, 0.25) is 0 Å². The molecule has 1 aliphatic heterocycles. The van der Waals surface area contributed by atoms with Gasteiger partial charge in [0, 0.05) is 18.8 Å². The molecule has 1 unspecified atom stereocenters. The highest BCUT2D eigenvalue weighted by atomic mass is 32.2. The molecule has 1 heterocycles. The third-order valence-electron chi connectivity index (χ3n) is 6.05. The van der Waals surface area contributed by atoms with Gasteiger partial charge in [-0.15, -0.1) is 11.8 Å². The van der Waals surface area contributed by atoms with Gasteiger partial charge in [-0.05, 0) is 29.2 Å². The van der Waals surface area contributed by atoms with Crippen LogP contribution in [0.3, 0.4) is 0 Å². The quantitative estimate of drug-likeness (QED) is 0.641. The number of carbonyl (C=O) groups excluding carboxylic acids is 2. The van der Waals surface area contributed by atoms with Crippen molar-refractivity contribution in [3.8, 4) is 11.1 Å². The van der Waals surface area contributed by atoms with Crippen LogP contribution in [0.2, 0.25) is 0 Å². The number of rotatable bonds is 7. The van der Waals surface area contributed by atoms with E-state index in [0.29, 0.717) is 5.75 Å². The van der Waals surface area contributed by atoms with Crippen LogP contribution in [-0.4, -0.2) is 71.5 Å². The number of ether oxygens (including phenoxy) is 2. The summed E-state index contributed by atoms with van der Waals surface area (Å²) in [5.41, 5.74) is 2.94. The Bertz CT molecular complexity index is 1030. The summed E-state index contributed by atoms with van der Waals surface area (Å²) in [5, 5.41) is 12.0. The van der Waals surface area contributed by atoms with Crippen molar-refractivity contribution in [2.75, 3.05) is 32.0 Å². The molecule has 1 fully saturated rings. The summed E-state index contributed by atoms with van der Waals surface area (Å²) in [7, 11) is 1.42. The fourth-order valence-electron chi connectivity index (χ4n) is 4.46. The maximum Gasteiger partial charge on any atom is 0.408 e. The van der Waals surface area contributed by atoms with Crippen molar-refractivity contribution in [3.05, 3.63) is 59.7 Å². The number of fused-ring (bicyclic) bond motifs is 3.